The van der Waals surface area contributed by atoms with Gasteiger partial charge in [-0.3, -0.25) is 0 Å². The fourth-order valence-corrected chi connectivity index (χ4v) is 2.67. The molecule has 1 heterocycles. The fraction of sp³-hybridized carbons (Fsp3) is 0.562. The average molecular weight is 292 g/mol. The Morgan fingerprint density at radius 1 is 1.33 bits per heavy atom. The summed E-state index contributed by atoms with van der Waals surface area (Å²) >= 11 is 0. The lowest BCUT2D eigenvalue weighted by atomic mass is 10.2. The summed E-state index contributed by atoms with van der Waals surface area (Å²) in [6.45, 7) is 1.65. The highest BCUT2D eigenvalue weighted by Gasteiger charge is 2.33. The Morgan fingerprint density at radius 2 is 2.14 bits per heavy atom. The van der Waals surface area contributed by atoms with E-state index in [4.69, 9.17) is 4.74 Å². The molecule has 1 aliphatic carbocycles. The van der Waals surface area contributed by atoms with Crippen LogP contribution < -0.4 is 5.32 Å². The van der Waals surface area contributed by atoms with Gasteiger partial charge in [-0.2, -0.15) is 0 Å². The molecule has 0 spiro atoms. The lowest BCUT2D eigenvalue weighted by molar-refractivity contribution is 0.108. The number of ether oxygens (including phenoxy) is 1. The van der Waals surface area contributed by atoms with E-state index in [2.05, 4.69) is 5.32 Å². The van der Waals surface area contributed by atoms with Crippen molar-refractivity contribution in [2.24, 2.45) is 0 Å². The normalized spacial score (nSPS) is 21.3. The van der Waals surface area contributed by atoms with E-state index in [0.717, 1.165) is 32.3 Å². The number of carbonyl (C=O) groups is 1. The number of rotatable bonds is 5. The highest BCUT2D eigenvalue weighted by Crippen LogP contribution is 2.28. The first-order chi connectivity index (χ1) is 10.2. The van der Waals surface area contributed by atoms with Crippen molar-refractivity contribution in [2.45, 2.75) is 44.4 Å². The maximum atomic E-state index is 13.8. The van der Waals surface area contributed by atoms with Crippen LogP contribution >= 0.6 is 0 Å². The largest absolute Gasteiger partial charge is 0.376 e. The topological polar surface area (TPSA) is 41.6 Å². The molecule has 1 atom stereocenters. The maximum Gasteiger partial charge on any atom is 0.318 e. The smallest absolute Gasteiger partial charge is 0.318 e. The van der Waals surface area contributed by atoms with E-state index >= 15 is 0 Å². The Balaban J connectivity index is 1.58. The predicted octanol–water partition coefficient (Wildman–Crippen LogP) is 2.68. The number of benzene rings is 1. The summed E-state index contributed by atoms with van der Waals surface area (Å²) in [5.74, 6) is -0.255. The summed E-state index contributed by atoms with van der Waals surface area (Å²) in [7, 11) is 0. The van der Waals surface area contributed by atoms with Gasteiger partial charge >= 0.3 is 6.03 Å². The van der Waals surface area contributed by atoms with Crippen LogP contribution in [0.5, 0.6) is 0 Å². The van der Waals surface area contributed by atoms with E-state index in [1.807, 2.05) is 0 Å². The molecule has 2 fully saturated rings. The van der Waals surface area contributed by atoms with Crippen LogP contribution in [0.25, 0.3) is 0 Å². The van der Waals surface area contributed by atoms with Gasteiger partial charge in [0.15, 0.2) is 0 Å². The van der Waals surface area contributed by atoms with E-state index in [-0.39, 0.29) is 24.0 Å². The number of hydrogen-bond donors (Lipinski definition) is 1. The highest BCUT2D eigenvalue weighted by molar-refractivity contribution is 5.75. The molecule has 0 bridgehead atoms. The summed E-state index contributed by atoms with van der Waals surface area (Å²) < 4.78 is 19.3. The molecule has 2 amide bonds. The van der Waals surface area contributed by atoms with Crippen molar-refractivity contribution in [3.63, 3.8) is 0 Å². The Morgan fingerprint density at radius 3 is 2.81 bits per heavy atom. The van der Waals surface area contributed by atoms with Crippen molar-refractivity contribution < 1.29 is 13.9 Å². The quantitative estimate of drug-likeness (QED) is 0.906. The molecule has 0 unspecified atom stereocenters. The van der Waals surface area contributed by atoms with Crippen LogP contribution in [-0.4, -0.2) is 36.2 Å². The van der Waals surface area contributed by atoms with Crippen LogP contribution in [0.2, 0.25) is 0 Å². The second-order valence-corrected chi connectivity index (χ2v) is 5.77. The molecule has 5 heteroatoms. The van der Waals surface area contributed by atoms with Gasteiger partial charge in [0.25, 0.3) is 0 Å². The van der Waals surface area contributed by atoms with Gasteiger partial charge in [0.05, 0.1) is 12.6 Å². The third-order valence-corrected chi connectivity index (χ3v) is 4.05. The predicted molar refractivity (Wildman–Crippen MR) is 77.3 cm³/mol. The summed E-state index contributed by atoms with van der Waals surface area (Å²) in [5, 5.41) is 2.93. The van der Waals surface area contributed by atoms with Crippen molar-refractivity contribution in [2.75, 3.05) is 13.2 Å². The lowest BCUT2D eigenvalue weighted by Crippen LogP contribution is -2.43. The van der Waals surface area contributed by atoms with Crippen LogP contribution in [0, 0.1) is 5.82 Å². The molecule has 1 aromatic carbocycles. The van der Waals surface area contributed by atoms with Crippen molar-refractivity contribution in [1.82, 2.24) is 10.2 Å². The van der Waals surface area contributed by atoms with E-state index < -0.39 is 0 Å². The minimum atomic E-state index is -0.255. The molecule has 1 aliphatic heterocycles. The molecule has 114 valence electrons. The van der Waals surface area contributed by atoms with E-state index in [0.29, 0.717) is 18.7 Å². The molecule has 1 N–H and O–H groups in total. The first kappa shape index (κ1) is 14.3. The maximum absolute atomic E-state index is 13.8. The summed E-state index contributed by atoms with van der Waals surface area (Å²) in [5.41, 5.74) is 0.566. The van der Waals surface area contributed by atoms with E-state index in [1.165, 1.54) is 6.07 Å². The SMILES string of the molecule is O=C(NC[C@@H]1CCCO1)N(Cc1ccccc1F)C1CC1. The lowest BCUT2D eigenvalue weighted by Gasteiger charge is -2.24. The molecule has 1 saturated carbocycles. The van der Waals surface area contributed by atoms with Gasteiger partial charge in [0, 0.05) is 24.8 Å². The molecule has 4 nitrogen and oxygen atoms in total. The zero-order chi connectivity index (χ0) is 14.7. The summed E-state index contributed by atoms with van der Waals surface area (Å²) in [4.78, 5) is 14.1. The molecule has 1 aromatic rings. The van der Waals surface area contributed by atoms with Gasteiger partial charge < -0.3 is 15.0 Å². The van der Waals surface area contributed by atoms with Crippen molar-refractivity contribution in [1.29, 1.82) is 0 Å². The fourth-order valence-electron chi connectivity index (χ4n) is 2.67. The Kier molecular flexibility index (Phi) is 4.39. The van der Waals surface area contributed by atoms with Crippen molar-refractivity contribution >= 4 is 6.03 Å². The number of urea groups is 1. The van der Waals surface area contributed by atoms with Crippen LogP contribution in [0.3, 0.4) is 0 Å². The van der Waals surface area contributed by atoms with Crippen LogP contribution in [0.4, 0.5) is 9.18 Å². The van der Waals surface area contributed by atoms with Crippen molar-refractivity contribution in [3.8, 4) is 0 Å². The average Bonchev–Trinajstić information content (AvgIpc) is 3.19. The molecular weight excluding hydrogens is 271 g/mol. The zero-order valence-corrected chi connectivity index (χ0v) is 12.1. The van der Waals surface area contributed by atoms with Gasteiger partial charge in [-0.1, -0.05) is 18.2 Å². The van der Waals surface area contributed by atoms with E-state index in [9.17, 15) is 9.18 Å². The van der Waals surface area contributed by atoms with Crippen molar-refractivity contribution in [3.05, 3.63) is 35.6 Å². The second kappa shape index (κ2) is 6.43. The zero-order valence-electron chi connectivity index (χ0n) is 12.1. The highest BCUT2D eigenvalue weighted by atomic mass is 19.1. The number of nitrogens with zero attached hydrogens (tertiary/aromatic N) is 1. The van der Waals surface area contributed by atoms with Crippen LogP contribution in [0.1, 0.15) is 31.2 Å². The number of hydrogen-bond acceptors (Lipinski definition) is 2. The summed E-state index contributed by atoms with van der Waals surface area (Å²) in [6.07, 6.45) is 4.19. The molecule has 3 rings (SSSR count). The number of nitrogens with one attached hydrogen (secondary N) is 1. The monoisotopic (exact) mass is 292 g/mol. The van der Waals surface area contributed by atoms with Crippen LogP contribution in [0.15, 0.2) is 24.3 Å². The standard InChI is InChI=1S/C16H21FN2O2/c17-15-6-2-1-4-12(15)11-19(13-7-8-13)16(20)18-10-14-5-3-9-21-14/h1-2,4,6,13-14H,3,5,7-11H2,(H,18,20)/t14-/m0/s1. The Bertz CT molecular complexity index is 499. The second-order valence-electron chi connectivity index (χ2n) is 5.77. The molecular formula is C16H21FN2O2. The van der Waals surface area contributed by atoms with Gasteiger partial charge in [0.2, 0.25) is 0 Å². The number of halogens is 1. The minimum Gasteiger partial charge on any atom is -0.376 e. The molecule has 0 radical (unpaired) electrons. The van der Waals surface area contributed by atoms with E-state index in [1.54, 1.807) is 23.1 Å². The third kappa shape index (κ3) is 3.73. The molecule has 0 aromatic heterocycles. The van der Waals surface area contributed by atoms with Crippen LogP contribution in [-0.2, 0) is 11.3 Å². The summed E-state index contributed by atoms with van der Waals surface area (Å²) in [6, 6.07) is 6.76. The molecule has 2 aliphatic rings. The third-order valence-electron chi connectivity index (χ3n) is 4.05. The van der Waals surface area contributed by atoms with Gasteiger partial charge in [-0.15, -0.1) is 0 Å². The number of amides is 2. The Hall–Kier alpha value is -1.62. The minimum absolute atomic E-state index is 0.115. The molecule has 1 saturated heterocycles. The molecule has 21 heavy (non-hydrogen) atoms. The van der Waals surface area contributed by atoms with Gasteiger partial charge in [0.1, 0.15) is 5.82 Å². The Labute approximate surface area is 124 Å². The van der Waals surface area contributed by atoms with Gasteiger partial charge in [-0.25, -0.2) is 9.18 Å². The van der Waals surface area contributed by atoms with Gasteiger partial charge in [-0.05, 0) is 31.7 Å². The first-order valence-electron chi connectivity index (χ1n) is 7.63. The first-order valence-corrected chi connectivity index (χ1v) is 7.63. The number of carbonyl (C=O) groups excluding carboxylic acids is 1.